The predicted octanol–water partition coefficient (Wildman–Crippen LogP) is -1.15. The molecular formula is C29H34O10. The van der Waals surface area contributed by atoms with Crippen LogP contribution in [0.15, 0.2) is 54.6 Å². The van der Waals surface area contributed by atoms with Gasteiger partial charge in [-0.15, -0.1) is 0 Å². The highest BCUT2D eigenvalue weighted by Crippen LogP contribution is 2.32. The van der Waals surface area contributed by atoms with Crippen molar-refractivity contribution in [2.75, 3.05) is 13.2 Å². The van der Waals surface area contributed by atoms with Crippen LogP contribution in [0.4, 0.5) is 0 Å². The third-order valence-electron chi connectivity index (χ3n) is 7.06. The van der Waals surface area contributed by atoms with E-state index >= 15 is 0 Å². The van der Waals surface area contributed by atoms with Crippen molar-refractivity contribution in [2.24, 2.45) is 0 Å². The molecule has 10 heteroatoms. The van der Waals surface area contributed by atoms with E-state index in [4.69, 9.17) is 9.47 Å². The summed E-state index contributed by atoms with van der Waals surface area (Å²) in [6.45, 7) is -0.951. The molecule has 2 fully saturated rings. The number of rotatable bonds is 6. The molecule has 10 atom stereocenters. The quantitative estimate of drug-likeness (QED) is 0.208. The first-order valence-electron chi connectivity index (χ1n) is 12.7. The van der Waals surface area contributed by atoms with E-state index in [0.29, 0.717) is 11.1 Å². The second-order valence-electron chi connectivity index (χ2n) is 9.75. The Morgan fingerprint density at radius 1 is 0.590 bits per heavy atom. The van der Waals surface area contributed by atoms with Gasteiger partial charge in [0.1, 0.15) is 54.9 Å². The van der Waals surface area contributed by atoms with Crippen molar-refractivity contribution in [1.82, 2.24) is 0 Å². The first-order chi connectivity index (χ1) is 18.7. The third-order valence-corrected chi connectivity index (χ3v) is 7.06. The topological polar surface area (TPSA) is 180 Å². The number of hydrogen-bond donors (Lipinski definition) is 8. The number of benzene rings is 2. The Morgan fingerprint density at radius 2 is 1.08 bits per heavy atom. The predicted molar refractivity (Wildman–Crippen MR) is 139 cm³/mol. The molecule has 0 aliphatic carbocycles. The lowest BCUT2D eigenvalue weighted by molar-refractivity contribution is -0.231. The minimum absolute atomic E-state index is 0.280. The minimum atomic E-state index is -1.44. The summed E-state index contributed by atoms with van der Waals surface area (Å²) in [4.78, 5) is 0. The summed E-state index contributed by atoms with van der Waals surface area (Å²) in [5.74, 6) is 6.13. The summed E-state index contributed by atoms with van der Waals surface area (Å²) in [6.07, 6.45) is -7.89. The molecule has 0 aromatic heterocycles. The normalized spacial score (nSPS) is 35.0. The Bertz CT molecular complexity index is 1150. The summed E-state index contributed by atoms with van der Waals surface area (Å²) in [5.41, 5.74) is 2.96. The molecule has 2 aromatic rings. The summed E-state index contributed by atoms with van der Waals surface area (Å²) in [6, 6.07) is 14.4. The van der Waals surface area contributed by atoms with E-state index in [9.17, 15) is 40.9 Å². The molecule has 0 radical (unpaired) electrons. The van der Waals surface area contributed by atoms with Gasteiger partial charge in [0.2, 0.25) is 0 Å². The molecule has 8 N–H and O–H groups in total. The molecule has 2 aromatic carbocycles. The van der Waals surface area contributed by atoms with E-state index in [0.717, 1.165) is 11.1 Å². The Hall–Kier alpha value is -2.66. The molecular weight excluding hydrogens is 508 g/mol. The highest BCUT2D eigenvalue weighted by Gasteiger charge is 2.44. The summed E-state index contributed by atoms with van der Waals surface area (Å²) < 4.78 is 11.1. The summed E-state index contributed by atoms with van der Waals surface area (Å²) in [5, 5.41) is 78.8. The molecule has 0 bridgehead atoms. The van der Waals surface area contributed by atoms with Gasteiger partial charge in [-0.2, -0.15) is 0 Å². The highest BCUT2D eigenvalue weighted by molar-refractivity contribution is 5.52. The van der Waals surface area contributed by atoms with Crippen molar-refractivity contribution in [3.8, 4) is 11.8 Å². The molecule has 2 aliphatic rings. The Morgan fingerprint density at radius 3 is 1.64 bits per heavy atom. The fraction of sp³-hybridized carbons (Fsp3) is 0.448. The zero-order valence-electron chi connectivity index (χ0n) is 21.1. The number of hydrogen-bond acceptors (Lipinski definition) is 10. The average Bonchev–Trinajstić information content (AvgIpc) is 2.96. The van der Waals surface area contributed by atoms with Crippen LogP contribution in [-0.2, 0) is 9.47 Å². The fourth-order valence-corrected chi connectivity index (χ4v) is 4.67. The third kappa shape index (κ3) is 6.74. The maximum absolute atomic E-state index is 10.3. The molecule has 2 heterocycles. The maximum atomic E-state index is 10.3. The fourth-order valence-electron chi connectivity index (χ4n) is 4.67. The van der Waals surface area contributed by atoms with Gasteiger partial charge in [0.05, 0.1) is 19.3 Å². The van der Waals surface area contributed by atoms with Gasteiger partial charge in [-0.1, -0.05) is 48.3 Å². The second kappa shape index (κ2) is 13.1. The van der Waals surface area contributed by atoms with Crippen molar-refractivity contribution < 1.29 is 50.3 Å². The van der Waals surface area contributed by atoms with E-state index in [1.807, 2.05) is 30.3 Å². The lowest BCUT2D eigenvalue weighted by atomic mass is 9.91. The van der Waals surface area contributed by atoms with E-state index in [2.05, 4.69) is 11.8 Å². The van der Waals surface area contributed by atoms with Crippen LogP contribution in [0.2, 0.25) is 0 Å². The van der Waals surface area contributed by atoms with Crippen molar-refractivity contribution in [3.05, 3.63) is 76.9 Å². The molecule has 2 saturated heterocycles. The SMILES string of the molecule is OCC1OC(CC=Cc2ccc(C#Cc3ccc(C4OC(CO)C(O)C(O)C4O)cc3)cc2)C(O)C(O)C1O. The van der Waals surface area contributed by atoms with Crippen LogP contribution in [0.1, 0.15) is 34.8 Å². The van der Waals surface area contributed by atoms with Crippen LogP contribution in [0.3, 0.4) is 0 Å². The van der Waals surface area contributed by atoms with Crippen LogP contribution in [0.5, 0.6) is 0 Å². The Labute approximate surface area is 226 Å². The zero-order valence-corrected chi connectivity index (χ0v) is 21.1. The number of aliphatic hydroxyl groups excluding tert-OH is 8. The van der Waals surface area contributed by atoms with Crippen LogP contribution >= 0.6 is 0 Å². The van der Waals surface area contributed by atoms with Gasteiger partial charge in [-0.3, -0.25) is 0 Å². The van der Waals surface area contributed by atoms with E-state index in [-0.39, 0.29) is 6.42 Å². The van der Waals surface area contributed by atoms with E-state index in [1.165, 1.54) is 0 Å². The summed E-state index contributed by atoms with van der Waals surface area (Å²) >= 11 is 0. The van der Waals surface area contributed by atoms with Gasteiger partial charge >= 0.3 is 0 Å². The van der Waals surface area contributed by atoms with Crippen molar-refractivity contribution in [1.29, 1.82) is 0 Å². The number of aliphatic hydroxyl groups is 8. The van der Waals surface area contributed by atoms with Crippen molar-refractivity contribution in [3.63, 3.8) is 0 Å². The Kier molecular flexibility index (Phi) is 9.87. The van der Waals surface area contributed by atoms with Crippen molar-refractivity contribution >= 4 is 6.08 Å². The van der Waals surface area contributed by atoms with E-state index in [1.54, 1.807) is 30.3 Å². The molecule has 10 nitrogen and oxygen atoms in total. The van der Waals surface area contributed by atoms with Gasteiger partial charge in [-0.25, -0.2) is 0 Å². The van der Waals surface area contributed by atoms with Gasteiger partial charge in [0.15, 0.2) is 0 Å². The highest BCUT2D eigenvalue weighted by atomic mass is 16.6. The van der Waals surface area contributed by atoms with Gasteiger partial charge in [0.25, 0.3) is 0 Å². The monoisotopic (exact) mass is 542 g/mol. The van der Waals surface area contributed by atoms with Crippen LogP contribution in [0, 0.1) is 11.8 Å². The van der Waals surface area contributed by atoms with Gasteiger partial charge in [0, 0.05) is 11.1 Å². The molecule has 10 unspecified atom stereocenters. The molecule has 210 valence electrons. The standard InChI is InChI=1S/C29H34O10/c30-14-21-24(33)26(35)23(32)20(38-21)3-1-2-16-4-6-17(7-5-16)8-9-18-10-12-19(13-11-18)29-28(37)27(36)25(34)22(15-31)39-29/h1-2,4-7,10-13,20-37H,3,14-15H2. The molecule has 0 spiro atoms. The lowest BCUT2D eigenvalue weighted by Crippen LogP contribution is -2.58. The molecule has 0 amide bonds. The van der Waals surface area contributed by atoms with Crippen LogP contribution < -0.4 is 0 Å². The lowest BCUT2D eigenvalue weighted by Gasteiger charge is -2.40. The zero-order chi connectivity index (χ0) is 28.1. The summed E-state index contributed by atoms with van der Waals surface area (Å²) in [7, 11) is 0. The van der Waals surface area contributed by atoms with Crippen LogP contribution in [0.25, 0.3) is 6.08 Å². The second-order valence-corrected chi connectivity index (χ2v) is 9.75. The number of ether oxygens (including phenoxy) is 2. The van der Waals surface area contributed by atoms with E-state index < -0.39 is 74.3 Å². The molecule has 4 rings (SSSR count). The smallest absolute Gasteiger partial charge is 0.113 e. The first kappa shape index (κ1) is 29.3. The largest absolute Gasteiger partial charge is 0.394 e. The first-order valence-corrected chi connectivity index (χ1v) is 12.7. The minimum Gasteiger partial charge on any atom is -0.394 e. The average molecular weight is 543 g/mol. The van der Waals surface area contributed by atoms with Gasteiger partial charge in [-0.05, 0) is 41.8 Å². The molecule has 0 saturated carbocycles. The molecule has 2 aliphatic heterocycles. The van der Waals surface area contributed by atoms with Crippen LogP contribution in [-0.4, -0.2) is 109 Å². The van der Waals surface area contributed by atoms with Crippen molar-refractivity contribution in [2.45, 2.75) is 67.5 Å². The van der Waals surface area contributed by atoms with Gasteiger partial charge < -0.3 is 50.3 Å². The molecule has 39 heavy (non-hydrogen) atoms. The maximum Gasteiger partial charge on any atom is 0.113 e. The Balaban J connectivity index is 1.34.